The summed E-state index contributed by atoms with van der Waals surface area (Å²) in [6.45, 7) is 1.58. The highest BCUT2D eigenvalue weighted by molar-refractivity contribution is 5.92. The van der Waals surface area contributed by atoms with Crippen molar-refractivity contribution in [3.63, 3.8) is 0 Å². The molecule has 2 amide bonds. The van der Waals surface area contributed by atoms with Crippen molar-refractivity contribution in [1.82, 2.24) is 15.1 Å². The first kappa shape index (κ1) is 26.4. The zero-order chi connectivity index (χ0) is 27.4. The molecule has 202 valence electrons. The lowest BCUT2D eigenvalue weighted by Crippen LogP contribution is -2.63. The molecule has 0 saturated carbocycles. The van der Waals surface area contributed by atoms with Crippen LogP contribution in [0.15, 0.2) is 78.9 Å². The van der Waals surface area contributed by atoms with Gasteiger partial charge in [-0.05, 0) is 40.7 Å². The quantitative estimate of drug-likeness (QED) is 0.458. The summed E-state index contributed by atoms with van der Waals surface area (Å²) in [5, 5.41) is 12.1. The largest absolute Gasteiger partial charge is 0.480 e. The summed E-state index contributed by atoms with van der Waals surface area (Å²) in [7, 11) is 1.45. The molecule has 39 heavy (non-hydrogen) atoms. The fourth-order valence-electron chi connectivity index (χ4n) is 5.80. The number of benzene rings is 3. The molecule has 2 N–H and O–H groups in total. The monoisotopic (exact) mass is 527 g/mol. The maximum absolute atomic E-state index is 13.5. The Hall–Kier alpha value is -4.17. The molecule has 1 saturated heterocycles. The van der Waals surface area contributed by atoms with Gasteiger partial charge in [0.25, 0.3) is 0 Å². The van der Waals surface area contributed by atoms with Gasteiger partial charge in [-0.15, -0.1) is 0 Å². The van der Waals surface area contributed by atoms with Gasteiger partial charge in [-0.2, -0.15) is 0 Å². The van der Waals surface area contributed by atoms with E-state index in [4.69, 9.17) is 4.74 Å². The number of carboxylic acid groups (broad SMARTS) is 1. The number of hydrogen-bond acceptors (Lipinski definition) is 5. The zero-order valence-electron chi connectivity index (χ0n) is 22.0. The van der Waals surface area contributed by atoms with E-state index in [2.05, 4.69) is 46.6 Å². The first-order valence-corrected chi connectivity index (χ1v) is 13.2. The van der Waals surface area contributed by atoms with Crippen LogP contribution in [0.25, 0.3) is 11.1 Å². The number of aliphatic carboxylic acids is 1. The Morgan fingerprint density at radius 1 is 0.923 bits per heavy atom. The standard InChI is InChI=1S/C31H33N3O5/c1-33(20-28(35)36)29(37)31(15-17-34(18-16-31)19-22-9-3-2-4-10-22)32-30(38)39-21-27-25-13-7-5-11-23(25)24-12-6-8-14-26(24)27/h2-14,27H,15-21H2,1H3,(H,32,38)(H,35,36). The van der Waals surface area contributed by atoms with Gasteiger partial charge in [0.1, 0.15) is 18.7 Å². The Labute approximate surface area is 228 Å². The molecule has 8 nitrogen and oxygen atoms in total. The molecule has 8 heteroatoms. The highest BCUT2D eigenvalue weighted by Gasteiger charge is 2.45. The number of carbonyl (C=O) groups is 3. The number of nitrogens with zero attached hydrogens (tertiary/aromatic N) is 2. The number of amides is 2. The molecule has 5 rings (SSSR count). The average molecular weight is 528 g/mol. The van der Waals surface area contributed by atoms with E-state index < -0.39 is 30.1 Å². The molecular formula is C31H33N3O5. The number of rotatable bonds is 8. The molecule has 0 aromatic heterocycles. The minimum Gasteiger partial charge on any atom is -0.480 e. The van der Waals surface area contributed by atoms with Gasteiger partial charge >= 0.3 is 12.1 Å². The zero-order valence-corrected chi connectivity index (χ0v) is 22.0. The lowest BCUT2D eigenvalue weighted by molar-refractivity contribution is -0.147. The van der Waals surface area contributed by atoms with Crippen LogP contribution in [0.2, 0.25) is 0 Å². The SMILES string of the molecule is CN(CC(=O)O)C(=O)C1(NC(=O)OCC2c3ccccc3-c3ccccc32)CCN(Cc2ccccc2)CC1. The van der Waals surface area contributed by atoms with Crippen molar-refractivity contribution in [2.45, 2.75) is 30.8 Å². The van der Waals surface area contributed by atoms with Gasteiger partial charge in [0.15, 0.2) is 0 Å². The molecule has 0 bridgehead atoms. The highest BCUT2D eigenvalue weighted by Crippen LogP contribution is 2.44. The van der Waals surface area contributed by atoms with Crippen molar-refractivity contribution in [3.05, 3.63) is 95.6 Å². The Kier molecular flexibility index (Phi) is 7.65. The van der Waals surface area contributed by atoms with Gasteiger partial charge in [0.05, 0.1) is 0 Å². The van der Waals surface area contributed by atoms with E-state index in [9.17, 15) is 19.5 Å². The average Bonchev–Trinajstić information content (AvgIpc) is 3.26. The maximum Gasteiger partial charge on any atom is 0.408 e. The van der Waals surface area contributed by atoms with E-state index >= 15 is 0 Å². The molecule has 0 spiro atoms. The number of ether oxygens (including phenoxy) is 1. The molecule has 3 aromatic rings. The summed E-state index contributed by atoms with van der Waals surface area (Å²) >= 11 is 0. The summed E-state index contributed by atoms with van der Waals surface area (Å²) in [6.07, 6.45) is 0.0325. The summed E-state index contributed by atoms with van der Waals surface area (Å²) in [5.74, 6) is -1.63. The second-order valence-corrected chi connectivity index (χ2v) is 10.3. The van der Waals surface area contributed by atoms with Gasteiger partial charge in [-0.3, -0.25) is 14.5 Å². The number of alkyl carbamates (subject to hydrolysis) is 1. The Morgan fingerprint density at radius 2 is 1.49 bits per heavy atom. The van der Waals surface area contributed by atoms with Crippen molar-refractivity contribution in [2.24, 2.45) is 0 Å². The fraction of sp³-hybridized carbons (Fsp3) is 0.323. The molecule has 1 fully saturated rings. The number of likely N-dealkylation sites (tertiary alicyclic amines) is 1. The number of piperidine rings is 1. The van der Waals surface area contributed by atoms with E-state index in [1.165, 1.54) is 17.5 Å². The van der Waals surface area contributed by atoms with Crippen LogP contribution in [0, 0.1) is 0 Å². The molecule has 1 aliphatic carbocycles. The molecule has 3 aromatic carbocycles. The third-order valence-electron chi connectivity index (χ3n) is 7.77. The number of fused-ring (bicyclic) bond motifs is 3. The van der Waals surface area contributed by atoms with Gasteiger partial charge in [-0.25, -0.2) is 4.79 Å². The maximum atomic E-state index is 13.5. The van der Waals surface area contributed by atoms with E-state index in [0.29, 0.717) is 25.9 Å². The first-order chi connectivity index (χ1) is 18.9. The fourth-order valence-corrected chi connectivity index (χ4v) is 5.80. The number of carbonyl (C=O) groups excluding carboxylic acids is 2. The second-order valence-electron chi connectivity index (χ2n) is 10.3. The van der Waals surface area contributed by atoms with Crippen molar-refractivity contribution >= 4 is 18.0 Å². The van der Waals surface area contributed by atoms with Gasteiger partial charge in [-0.1, -0.05) is 78.9 Å². The Morgan fingerprint density at radius 3 is 2.08 bits per heavy atom. The van der Waals surface area contributed by atoms with Crippen molar-refractivity contribution in [3.8, 4) is 11.1 Å². The molecule has 0 unspecified atom stereocenters. The normalized spacial score (nSPS) is 16.1. The van der Waals surface area contributed by atoms with Crippen LogP contribution in [0.1, 0.15) is 35.4 Å². The van der Waals surface area contributed by atoms with Crippen LogP contribution in [0.4, 0.5) is 4.79 Å². The van der Waals surface area contributed by atoms with Crippen LogP contribution in [0.5, 0.6) is 0 Å². The third-order valence-corrected chi connectivity index (χ3v) is 7.77. The summed E-state index contributed by atoms with van der Waals surface area (Å²) < 4.78 is 5.75. The molecule has 0 atom stereocenters. The summed E-state index contributed by atoms with van der Waals surface area (Å²) in [4.78, 5) is 41.4. The number of likely N-dealkylation sites (N-methyl/N-ethyl adjacent to an activating group) is 1. The molecule has 1 heterocycles. The lowest BCUT2D eigenvalue weighted by Gasteiger charge is -2.42. The number of nitrogens with one attached hydrogen (secondary N) is 1. The predicted octanol–water partition coefficient (Wildman–Crippen LogP) is 4.10. The third kappa shape index (κ3) is 5.66. The number of carboxylic acids is 1. The van der Waals surface area contributed by atoms with Crippen LogP contribution in [-0.4, -0.2) is 71.7 Å². The number of hydrogen-bond donors (Lipinski definition) is 2. The predicted molar refractivity (Wildman–Crippen MR) is 147 cm³/mol. The Bertz CT molecular complexity index is 1310. The van der Waals surface area contributed by atoms with Crippen LogP contribution in [0.3, 0.4) is 0 Å². The van der Waals surface area contributed by atoms with Crippen molar-refractivity contribution in [1.29, 1.82) is 0 Å². The van der Waals surface area contributed by atoms with Crippen molar-refractivity contribution in [2.75, 3.05) is 33.3 Å². The first-order valence-electron chi connectivity index (χ1n) is 13.2. The van der Waals surface area contributed by atoms with E-state index in [0.717, 1.165) is 28.8 Å². The smallest absolute Gasteiger partial charge is 0.408 e. The molecule has 0 radical (unpaired) electrons. The highest BCUT2D eigenvalue weighted by atomic mass is 16.5. The van der Waals surface area contributed by atoms with E-state index in [1.807, 2.05) is 42.5 Å². The van der Waals surface area contributed by atoms with Gasteiger partial charge in [0, 0.05) is 32.6 Å². The topological polar surface area (TPSA) is 99.2 Å². The van der Waals surface area contributed by atoms with Gasteiger partial charge < -0.3 is 20.1 Å². The Balaban J connectivity index is 1.29. The van der Waals surface area contributed by atoms with Crippen molar-refractivity contribution < 1.29 is 24.2 Å². The molecule has 1 aliphatic heterocycles. The lowest BCUT2D eigenvalue weighted by atomic mass is 9.85. The van der Waals surface area contributed by atoms with E-state index in [-0.39, 0.29) is 12.5 Å². The van der Waals surface area contributed by atoms with Crippen LogP contribution >= 0.6 is 0 Å². The summed E-state index contributed by atoms with van der Waals surface area (Å²) in [5.41, 5.74) is 4.41. The summed E-state index contributed by atoms with van der Waals surface area (Å²) in [6, 6.07) is 26.3. The minimum atomic E-state index is -1.24. The van der Waals surface area contributed by atoms with Crippen LogP contribution < -0.4 is 5.32 Å². The molecular weight excluding hydrogens is 494 g/mol. The molecule has 2 aliphatic rings. The minimum absolute atomic E-state index is 0.0998. The second kappa shape index (κ2) is 11.3. The van der Waals surface area contributed by atoms with Gasteiger partial charge in [0.2, 0.25) is 5.91 Å². The van der Waals surface area contributed by atoms with Crippen LogP contribution in [-0.2, 0) is 20.9 Å². The van der Waals surface area contributed by atoms with E-state index in [1.54, 1.807) is 0 Å².